The van der Waals surface area contributed by atoms with E-state index in [2.05, 4.69) is 5.32 Å². The molecular weight excluding hydrogens is 408 g/mol. The number of urea groups is 1. The molecule has 3 aromatic carbocycles. The molecule has 1 aromatic heterocycles. The highest BCUT2D eigenvalue weighted by molar-refractivity contribution is 6.07. The van der Waals surface area contributed by atoms with Crippen molar-refractivity contribution in [3.63, 3.8) is 0 Å². The van der Waals surface area contributed by atoms with Crippen LogP contribution in [0.2, 0.25) is 0 Å². The fraction of sp³-hybridized carbons (Fsp3) is 0.240. The van der Waals surface area contributed by atoms with E-state index >= 15 is 0 Å². The number of carbonyl (C=O) groups excluding carboxylic acids is 1. The first-order valence-electron chi connectivity index (χ1n) is 10.5. The largest absolute Gasteiger partial charge is 0.504 e. The molecule has 0 bridgehead atoms. The number of rotatable bonds is 6. The zero-order chi connectivity index (χ0) is 22.2. The number of phenolic OH excluding ortho intramolecular Hbond substituents is 1. The molecule has 0 saturated heterocycles. The second-order valence-electron chi connectivity index (χ2n) is 7.94. The topological polar surface area (TPSA) is 84.2 Å². The number of furan rings is 1. The number of fused-ring (bicyclic) bond motifs is 3. The number of methoxy groups -OCH3 is 2. The lowest BCUT2D eigenvalue weighted by Crippen LogP contribution is -2.36. The van der Waals surface area contributed by atoms with Crippen molar-refractivity contribution in [3.05, 3.63) is 60.2 Å². The molecule has 2 amide bonds. The molecule has 7 nitrogen and oxygen atoms in total. The van der Waals surface area contributed by atoms with Crippen molar-refractivity contribution in [3.8, 4) is 17.2 Å². The van der Waals surface area contributed by atoms with Crippen LogP contribution in [0.25, 0.3) is 21.9 Å². The molecule has 0 unspecified atom stereocenters. The summed E-state index contributed by atoms with van der Waals surface area (Å²) < 4.78 is 16.7. The molecule has 1 aliphatic rings. The maximum Gasteiger partial charge on any atom is 0.322 e. The zero-order valence-corrected chi connectivity index (χ0v) is 17.9. The summed E-state index contributed by atoms with van der Waals surface area (Å²) in [7, 11) is 3.09. The molecule has 1 saturated carbocycles. The minimum Gasteiger partial charge on any atom is -0.504 e. The van der Waals surface area contributed by atoms with Gasteiger partial charge in [0, 0.05) is 29.4 Å². The number of nitrogens with zero attached hydrogens (tertiary/aromatic N) is 1. The van der Waals surface area contributed by atoms with Crippen molar-refractivity contribution in [1.29, 1.82) is 0 Å². The lowest BCUT2D eigenvalue weighted by Gasteiger charge is -2.24. The first kappa shape index (κ1) is 20.1. The van der Waals surface area contributed by atoms with E-state index in [1.165, 1.54) is 7.11 Å². The van der Waals surface area contributed by atoms with Gasteiger partial charge in [-0.15, -0.1) is 0 Å². The Balaban J connectivity index is 1.43. The van der Waals surface area contributed by atoms with Crippen LogP contribution in [0.4, 0.5) is 10.5 Å². The van der Waals surface area contributed by atoms with E-state index in [9.17, 15) is 9.90 Å². The Hall–Kier alpha value is -3.87. The molecule has 0 aliphatic heterocycles. The number of hydrogen-bond acceptors (Lipinski definition) is 5. The van der Waals surface area contributed by atoms with Gasteiger partial charge in [0.2, 0.25) is 0 Å². The summed E-state index contributed by atoms with van der Waals surface area (Å²) in [5, 5.41) is 14.8. The summed E-state index contributed by atoms with van der Waals surface area (Å²) in [6.07, 6.45) is 1.92. The average Bonchev–Trinajstić information content (AvgIpc) is 3.58. The van der Waals surface area contributed by atoms with E-state index in [1.54, 1.807) is 36.3 Å². The first-order valence-corrected chi connectivity index (χ1v) is 10.5. The Morgan fingerprint density at radius 2 is 1.81 bits per heavy atom. The van der Waals surface area contributed by atoms with E-state index in [-0.39, 0.29) is 17.8 Å². The predicted molar refractivity (Wildman–Crippen MR) is 123 cm³/mol. The SMILES string of the molecule is COc1cc(CN(C(=O)Nc2cc3oc4ccccc4c3cc2OC)C2CC2)ccc1O. The van der Waals surface area contributed by atoms with Crippen molar-refractivity contribution in [2.75, 3.05) is 19.5 Å². The molecule has 0 radical (unpaired) electrons. The van der Waals surface area contributed by atoms with Crippen molar-refractivity contribution >= 4 is 33.7 Å². The molecule has 1 fully saturated rings. The van der Waals surface area contributed by atoms with Crippen LogP contribution < -0.4 is 14.8 Å². The lowest BCUT2D eigenvalue weighted by molar-refractivity contribution is 0.206. The van der Waals surface area contributed by atoms with Crippen LogP contribution in [0.1, 0.15) is 18.4 Å². The van der Waals surface area contributed by atoms with Gasteiger partial charge in [0.25, 0.3) is 0 Å². The Labute approximate surface area is 185 Å². The number of nitrogens with one attached hydrogen (secondary N) is 1. The van der Waals surface area contributed by atoms with E-state index < -0.39 is 0 Å². The molecule has 2 N–H and O–H groups in total. The van der Waals surface area contributed by atoms with Crippen LogP contribution in [-0.2, 0) is 6.54 Å². The monoisotopic (exact) mass is 432 g/mol. The Morgan fingerprint density at radius 1 is 1.03 bits per heavy atom. The number of hydrogen-bond donors (Lipinski definition) is 2. The number of para-hydroxylation sites is 1. The lowest BCUT2D eigenvalue weighted by atomic mass is 10.1. The highest BCUT2D eigenvalue weighted by atomic mass is 16.5. The van der Waals surface area contributed by atoms with Crippen LogP contribution in [-0.4, -0.2) is 36.3 Å². The Morgan fingerprint density at radius 3 is 2.56 bits per heavy atom. The molecule has 1 heterocycles. The Kier molecular flexibility index (Phi) is 5.01. The summed E-state index contributed by atoms with van der Waals surface area (Å²) in [4.78, 5) is 15.0. The van der Waals surface area contributed by atoms with Crippen LogP contribution >= 0.6 is 0 Å². The van der Waals surface area contributed by atoms with Gasteiger partial charge in [-0.05, 0) is 42.7 Å². The molecule has 7 heteroatoms. The fourth-order valence-corrected chi connectivity index (χ4v) is 3.98. The number of ether oxygens (including phenoxy) is 2. The van der Waals surface area contributed by atoms with E-state index in [1.807, 2.05) is 30.3 Å². The van der Waals surface area contributed by atoms with Gasteiger partial charge in [0.15, 0.2) is 11.5 Å². The van der Waals surface area contributed by atoms with Crippen LogP contribution in [0, 0.1) is 0 Å². The average molecular weight is 432 g/mol. The van der Waals surface area contributed by atoms with Crippen molar-refractivity contribution in [2.45, 2.75) is 25.4 Å². The van der Waals surface area contributed by atoms with Gasteiger partial charge in [0.1, 0.15) is 16.9 Å². The van der Waals surface area contributed by atoms with Crippen molar-refractivity contribution in [1.82, 2.24) is 4.90 Å². The third-order valence-electron chi connectivity index (χ3n) is 5.79. The minimum atomic E-state index is -0.215. The normalized spacial score (nSPS) is 13.3. The quantitative estimate of drug-likeness (QED) is 0.420. The van der Waals surface area contributed by atoms with Gasteiger partial charge in [-0.25, -0.2) is 4.79 Å². The number of amides is 2. The minimum absolute atomic E-state index is 0.0718. The van der Waals surface area contributed by atoms with Crippen LogP contribution in [0.5, 0.6) is 17.2 Å². The van der Waals surface area contributed by atoms with Gasteiger partial charge >= 0.3 is 6.03 Å². The smallest absolute Gasteiger partial charge is 0.322 e. The molecule has 32 heavy (non-hydrogen) atoms. The summed E-state index contributed by atoms with van der Waals surface area (Å²) >= 11 is 0. The molecule has 5 rings (SSSR count). The standard InChI is InChI=1S/C25H24N2O5/c1-30-23-12-18-17-5-3-4-6-21(17)32-22(18)13-19(23)26-25(29)27(16-8-9-16)14-15-7-10-20(28)24(11-15)31-2/h3-7,10-13,16,28H,8-9,14H2,1-2H3,(H,26,29). The van der Waals surface area contributed by atoms with Gasteiger partial charge in [-0.1, -0.05) is 24.3 Å². The van der Waals surface area contributed by atoms with E-state index in [0.717, 1.165) is 34.8 Å². The molecular formula is C25H24N2O5. The highest BCUT2D eigenvalue weighted by Gasteiger charge is 2.33. The van der Waals surface area contributed by atoms with Crippen molar-refractivity contribution in [2.24, 2.45) is 0 Å². The number of carbonyl (C=O) groups is 1. The maximum atomic E-state index is 13.2. The van der Waals surface area contributed by atoms with Crippen LogP contribution in [0.15, 0.2) is 59.0 Å². The Bertz CT molecular complexity index is 1310. The summed E-state index contributed by atoms with van der Waals surface area (Å²) in [5.41, 5.74) is 2.90. The van der Waals surface area contributed by atoms with Gasteiger partial charge in [-0.3, -0.25) is 0 Å². The summed E-state index contributed by atoms with van der Waals surface area (Å²) in [5.74, 6) is 1.03. The molecule has 1 aliphatic carbocycles. The van der Waals surface area contributed by atoms with E-state index in [4.69, 9.17) is 13.9 Å². The molecule has 0 spiro atoms. The molecule has 0 atom stereocenters. The van der Waals surface area contributed by atoms with Gasteiger partial charge in [0.05, 0.1) is 19.9 Å². The number of aromatic hydroxyl groups is 1. The van der Waals surface area contributed by atoms with Gasteiger partial charge < -0.3 is 29.2 Å². The number of anilines is 1. The van der Waals surface area contributed by atoms with Gasteiger partial charge in [-0.2, -0.15) is 0 Å². The third-order valence-corrected chi connectivity index (χ3v) is 5.79. The first-order chi connectivity index (χ1) is 15.6. The number of benzene rings is 3. The number of phenols is 1. The van der Waals surface area contributed by atoms with E-state index in [0.29, 0.717) is 29.3 Å². The third kappa shape index (κ3) is 3.66. The highest BCUT2D eigenvalue weighted by Crippen LogP contribution is 2.37. The summed E-state index contributed by atoms with van der Waals surface area (Å²) in [6.45, 7) is 0.405. The molecule has 164 valence electrons. The summed E-state index contributed by atoms with van der Waals surface area (Å²) in [6, 6.07) is 16.6. The predicted octanol–water partition coefficient (Wildman–Crippen LogP) is 5.51. The molecule has 4 aromatic rings. The second-order valence-corrected chi connectivity index (χ2v) is 7.94. The fourth-order valence-electron chi connectivity index (χ4n) is 3.98. The van der Waals surface area contributed by atoms with Crippen molar-refractivity contribution < 1.29 is 23.8 Å². The maximum absolute atomic E-state index is 13.2. The second kappa shape index (κ2) is 8.00. The zero-order valence-electron chi connectivity index (χ0n) is 17.9. The van der Waals surface area contributed by atoms with Crippen LogP contribution in [0.3, 0.4) is 0 Å².